The minimum Gasteiger partial charge on any atom is -0.481 e. The van der Waals surface area contributed by atoms with Gasteiger partial charge < -0.3 is 9.64 Å². The number of rotatable bonds is 4. The topological polar surface area (TPSA) is 71.2 Å². The molecule has 1 aromatic carbocycles. The van der Waals surface area contributed by atoms with Crippen LogP contribution in [0.3, 0.4) is 0 Å². The minimum atomic E-state index is -0.588. The molecule has 0 aliphatic carbocycles. The van der Waals surface area contributed by atoms with Gasteiger partial charge in [0.25, 0.3) is 5.91 Å². The molecule has 0 spiro atoms. The molecule has 2 atom stereocenters. The molecule has 1 fully saturated rings. The van der Waals surface area contributed by atoms with Crippen molar-refractivity contribution in [3.05, 3.63) is 48.3 Å². The molecule has 24 heavy (non-hydrogen) atoms. The summed E-state index contributed by atoms with van der Waals surface area (Å²) < 4.78 is 7.65. The second kappa shape index (κ2) is 7.18. The number of piperidine rings is 1. The number of nitrogens with zero attached hydrogens (tertiary/aromatic N) is 4. The van der Waals surface area contributed by atoms with E-state index in [4.69, 9.17) is 10.00 Å². The van der Waals surface area contributed by atoms with Crippen molar-refractivity contribution in [1.82, 2.24) is 14.7 Å². The number of hydrogen-bond donors (Lipinski definition) is 0. The fourth-order valence-electron chi connectivity index (χ4n) is 3.02. The van der Waals surface area contributed by atoms with E-state index in [0.717, 1.165) is 19.4 Å². The number of likely N-dealkylation sites (tertiary alicyclic amines) is 1. The zero-order valence-corrected chi connectivity index (χ0v) is 13.6. The lowest BCUT2D eigenvalue weighted by Crippen LogP contribution is -2.46. The maximum atomic E-state index is 12.7. The summed E-state index contributed by atoms with van der Waals surface area (Å²) >= 11 is 0. The quantitative estimate of drug-likeness (QED) is 0.866. The summed E-state index contributed by atoms with van der Waals surface area (Å²) in [5.74, 6) is 0.504. The molecule has 1 saturated heterocycles. The van der Waals surface area contributed by atoms with Crippen molar-refractivity contribution in [2.45, 2.75) is 31.9 Å². The highest BCUT2D eigenvalue weighted by atomic mass is 16.5. The van der Waals surface area contributed by atoms with Gasteiger partial charge in [0.05, 0.1) is 17.7 Å². The third-order valence-electron chi connectivity index (χ3n) is 4.23. The third kappa shape index (κ3) is 3.57. The van der Waals surface area contributed by atoms with E-state index in [1.54, 1.807) is 37.4 Å². The first kappa shape index (κ1) is 16.1. The molecule has 0 saturated carbocycles. The zero-order valence-electron chi connectivity index (χ0n) is 13.6. The van der Waals surface area contributed by atoms with Crippen LogP contribution in [0.2, 0.25) is 0 Å². The Morgan fingerprint density at radius 3 is 3.08 bits per heavy atom. The van der Waals surface area contributed by atoms with E-state index in [-0.39, 0.29) is 11.9 Å². The van der Waals surface area contributed by atoms with Gasteiger partial charge in [-0.05, 0) is 44.0 Å². The summed E-state index contributed by atoms with van der Waals surface area (Å²) in [4.78, 5) is 14.5. The number of benzene rings is 1. The summed E-state index contributed by atoms with van der Waals surface area (Å²) in [6, 6.07) is 11.0. The van der Waals surface area contributed by atoms with Gasteiger partial charge in [-0.25, -0.2) is 0 Å². The molecule has 3 rings (SSSR count). The number of ether oxygens (including phenoxy) is 1. The molecule has 0 bridgehead atoms. The Hall–Kier alpha value is -2.81. The van der Waals surface area contributed by atoms with Crippen LogP contribution in [0.5, 0.6) is 5.75 Å². The molecule has 1 aliphatic heterocycles. The fraction of sp³-hybridized carbons (Fsp3) is 0.389. The number of carbonyl (C=O) groups excluding carboxylic acids is 1. The molecule has 0 N–H and O–H groups in total. The van der Waals surface area contributed by atoms with Crippen LogP contribution in [0.1, 0.15) is 31.4 Å². The van der Waals surface area contributed by atoms with Gasteiger partial charge in [0, 0.05) is 25.5 Å². The molecular weight excluding hydrogens is 304 g/mol. The molecular formula is C18H20N4O2. The Morgan fingerprint density at radius 2 is 2.33 bits per heavy atom. The number of amides is 1. The van der Waals surface area contributed by atoms with E-state index in [2.05, 4.69) is 11.2 Å². The van der Waals surface area contributed by atoms with Gasteiger partial charge in [-0.15, -0.1) is 0 Å². The summed E-state index contributed by atoms with van der Waals surface area (Å²) in [7, 11) is 0. The molecule has 6 heteroatoms. The molecule has 124 valence electrons. The summed E-state index contributed by atoms with van der Waals surface area (Å²) in [6.45, 7) is 3.13. The van der Waals surface area contributed by atoms with E-state index in [1.807, 2.05) is 21.8 Å². The molecule has 6 nitrogen and oxygen atoms in total. The second-order valence-electron chi connectivity index (χ2n) is 5.97. The Morgan fingerprint density at radius 1 is 1.46 bits per heavy atom. The minimum absolute atomic E-state index is 0.0331. The van der Waals surface area contributed by atoms with Crippen molar-refractivity contribution in [3.63, 3.8) is 0 Å². The van der Waals surface area contributed by atoms with Crippen molar-refractivity contribution in [2.75, 3.05) is 13.1 Å². The standard InChI is InChI=1S/C18H20N4O2/c1-14(24-17-7-2-5-15(11-17)12-19)18(23)21-9-3-6-16(13-21)22-10-4-8-20-22/h2,4-5,7-8,10-11,14,16H,3,6,9,13H2,1H3/t14-,16-/m0/s1. The van der Waals surface area contributed by atoms with Crippen LogP contribution in [0.25, 0.3) is 0 Å². The van der Waals surface area contributed by atoms with E-state index in [9.17, 15) is 4.79 Å². The molecule has 0 radical (unpaired) electrons. The highest BCUT2D eigenvalue weighted by Crippen LogP contribution is 2.22. The van der Waals surface area contributed by atoms with Crippen LogP contribution in [0.4, 0.5) is 0 Å². The summed E-state index contributed by atoms with van der Waals surface area (Å²) in [6.07, 6.45) is 5.08. The van der Waals surface area contributed by atoms with Crippen molar-refractivity contribution < 1.29 is 9.53 Å². The van der Waals surface area contributed by atoms with Crippen LogP contribution in [0, 0.1) is 11.3 Å². The Kier molecular flexibility index (Phi) is 4.80. The van der Waals surface area contributed by atoms with E-state index in [1.165, 1.54) is 0 Å². The lowest BCUT2D eigenvalue weighted by molar-refractivity contribution is -0.139. The highest BCUT2D eigenvalue weighted by Gasteiger charge is 2.28. The average Bonchev–Trinajstić information content (AvgIpc) is 3.16. The maximum Gasteiger partial charge on any atom is 0.263 e. The van der Waals surface area contributed by atoms with Gasteiger partial charge in [-0.1, -0.05) is 6.07 Å². The molecule has 2 heterocycles. The van der Waals surface area contributed by atoms with Gasteiger partial charge in [-0.2, -0.15) is 10.4 Å². The van der Waals surface area contributed by atoms with Crippen LogP contribution >= 0.6 is 0 Å². The molecule has 1 aliphatic rings. The SMILES string of the molecule is C[C@H](Oc1cccc(C#N)c1)C(=O)N1CCC[C@H](n2cccn2)C1. The van der Waals surface area contributed by atoms with Crippen molar-refractivity contribution in [1.29, 1.82) is 5.26 Å². The monoisotopic (exact) mass is 324 g/mol. The zero-order chi connectivity index (χ0) is 16.9. The predicted molar refractivity (Wildman–Crippen MR) is 88.3 cm³/mol. The second-order valence-corrected chi connectivity index (χ2v) is 5.97. The molecule has 1 aromatic heterocycles. The normalized spacial score (nSPS) is 18.7. The van der Waals surface area contributed by atoms with Crippen molar-refractivity contribution in [2.24, 2.45) is 0 Å². The van der Waals surface area contributed by atoms with Gasteiger partial charge >= 0.3 is 0 Å². The van der Waals surface area contributed by atoms with E-state index >= 15 is 0 Å². The van der Waals surface area contributed by atoms with Gasteiger partial charge in [0.1, 0.15) is 5.75 Å². The molecule has 2 aromatic rings. The number of hydrogen-bond acceptors (Lipinski definition) is 4. The Balaban J connectivity index is 1.63. The first-order valence-corrected chi connectivity index (χ1v) is 8.12. The van der Waals surface area contributed by atoms with Crippen LogP contribution < -0.4 is 4.74 Å². The number of aromatic nitrogens is 2. The van der Waals surface area contributed by atoms with E-state index < -0.39 is 6.10 Å². The van der Waals surface area contributed by atoms with Crippen LogP contribution in [0.15, 0.2) is 42.7 Å². The highest BCUT2D eigenvalue weighted by molar-refractivity contribution is 5.81. The van der Waals surface area contributed by atoms with Crippen molar-refractivity contribution in [3.8, 4) is 11.8 Å². The smallest absolute Gasteiger partial charge is 0.263 e. The predicted octanol–water partition coefficient (Wildman–Crippen LogP) is 2.39. The first-order chi connectivity index (χ1) is 11.7. The largest absolute Gasteiger partial charge is 0.481 e. The Bertz CT molecular complexity index is 736. The van der Waals surface area contributed by atoms with Gasteiger partial charge in [0.15, 0.2) is 6.10 Å². The lowest BCUT2D eigenvalue weighted by Gasteiger charge is -2.34. The van der Waals surface area contributed by atoms with Crippen molar-refractivity contribution >= 4 is 5.91 Å². The lowest BCUT2D eigenvalue weighted by atomic mass is 10.1. The summed E-state index contributed by atoms with van der Waals surface area (Å²) in [5.41, 5.74) is 0.517. The number of carbonyl (C=O) groups is 1. The Labute approximate surface area is 141 Å². The van der Waals surface area contributed by atoms with Gasteiger partial charge in [0.2, 0.25) is 0 Å². The van der Waals surface area contributed by atoms with E-state index in [0.29, 0.717) is 17.9 Å². The average molecular weight is 324 g/mol. The number of nitriles is 1. The van der Waals surface area contributed by atoms with Crippen LogP contribution in [-0.2, 0) is 4.79 Å². The maximum absolute atomic E-state index is 12.7. The molecule has 0 unspecified atom stereocenters. The fourth-order valence-corrected chi connectivity index (χ4v) is 3.02. The first-order valence-electron chi connectivity index (χ1n) is 8.12. The van der Waals surface area contributed by atoms with Gasteiger partial charge in [-0.3, -0.25) is 9.48 Å². The molecule has 1 amide bonds. The van der Waals surface area contributed by atoms with Crippen LogP contribution in [-0.4, -0.2) is 39.8 Å². The third-order valence-corrected chi connectivity index (χ3v) is 4.23. The summed E-state index contributed by atoms with van der Waals surface area (Å²) in [5, 5.41) is 13.2.